The molecule has 0 saturated carbocycles. The van der Waals surface area contributed by atoms with Gasteiger partial charge in [-0.3, -0.25) is 9.48 Å². The molecule has 2 nitrogen and oxygen atoms in total. The molecule has 0 aromatic carbocycles. The molecule has 1 aliphatic rings. The van der Waals surface area contributed by atoms with Crippen LogP contribution >= 0.6 is 0 Å². The number of rotatable bonds is 0. The number of nitrogens with zero attached hydrogens (tertiary/aromatic N) is 2. The largest absolute Gasteiger partial charge is 0.267 e. The molecule has 0 amide bonds. The van der Waals surface area contributed by atoms with Crippen molar-refractivity contribution in [2.24, 2.45) is 0 Å². The fourth-order valence-electron chi connectivity index (χ4n) is 1.02. The highest BCUT2D eigenvalue weighted by Gasteiger charge is 2.20. The van der Waals surface area contributed by atoms with Crippen LogP contribution in [0.15, 0.2) is 0 Å². The first kappa shape index (κ1) is 5.60. The van der Waals surface area contributed by atoms with Crippen molar-refractivity contribution in [3.63, 3.8) is 0 Å². The van der Waals surface area contributed by atoms with Gasteiger partial charge in [-0.2, -0.15) is 0 Å². The van der Waals surface area contributed by atoms with Crippen LogP contribution in [0, 0.1) is 0 Å². The lowest BCUT2D eigenvalue weighted by molar-refractivity contribution is -0.485. The quantitative estimate of drug-likeness (QED) is 0.400. The highest BCUT2D eigenvalue weighted by atomic mass is 15.3. The molecule has 0 aliphatic carbocycles. The molecule has 0 N–H and O–H groups in total. The molecule has 0 aromatic rings. The Labute approximate surface area is 50.4 Å². The summed E-state index contributed by atoms with van der Waals surface area (Å²) < 4.78 is 2.20. The van der Waals surface area contributed by atoms with Gasteiger partial charge >= 0.3 is 0 Å². The summed E-state index contributed by atoms with van der Waals surface area (Å²) >= 11 is 0. The van der Waals surface area contributed by atoms with E-state index in [1.54, 1.807) is 0 Å². The van der Waals surface area contributed by atoms with E-state index in [1.807, 2.05) is 0 Å². The van der Waals surface area contributed by atoms with E-state index in [0.29, 0.717) is 6.04 Å². The van der Waals surface area contributed by atoms with Gasteiger partial charge in [-0.1, -0.05) is 0 Å². The summed E-state index contributed by atoms with van der Waals surface area (Å²) in [6, 6.07) is 0.694. The molecule has 0 fully saturated rings. The van der Waals surface area contributed by atoms with E-state index in [2.05, 4.69) is 36.8 Å². The summed E-state index contributed by atoms with van der Waals surface area (Å²) in [4.78, 5) is 2.22. The van der Waals surface area contributed by atoms with Gasteiger partial charge in [-0.05, 0) is 6.92 Å². The lowest BCUT2D eigenvalue weighted by Crippen LogP contribution is -2.23. The third-order valence-electron chi connectivity index (χ3n) is 1.63. The van der Waals surface area contributed by atoms with Crippen molar-refractivity contribution in [2.45, 2.75) is 13.0 Å². The van der Waals surface area contributed by atoms with Gasteiger partial charge in [-0.15, -0.1) is 0 Å². The molecule has 46 valence electrons. The third kappa shape index (κ3) is 0.831. The van der Waals surface area contributed by atoms with E-state index < -0.39 is 0 Å². The topological polar surface area (TPSA) is 6.25 Å². The summed E-state index contributed by atoms with van der Waals surface area (Å²) in [6.45, 7) is 3.39. The first-order chi connectivity index (χ1) is 3.70. The van der Waals surface area contributed by atoms with Gasteiger partial charge in [0.1, 0.15) is 12.6 Å². The smallest absolute Gasteiger partial charge is 0.234 e. The first-order valence-corrected chi connectivity index (χ1v) is 2.97. The number of hydrogen-bond acceptors (Lipinski definition) is 1. The second-order valence-corrected chi connectivity index (χ2v) is 2.57. The van der Waals surface area contributed by atoms with Crippen molar-refractivity contribution in [2.75, 3.05) is 20.6 Å². The predicted octanol–water partition coefficient (Wildman–Crippen LogP) is -0.00910. The van der Waals surface area contributed by atoms with Crippen LogP contribution in [0.4, 0.5) is 0 Å². The maximum Gasteiger partial charge on any atom is 0.234 e. The zero-order chi connectivity index (χ0) is 6.15. The molecule has 1 aliphatic heterocycles. The van der Waals surface area contributed by atoms with Gasteiger partial charge in [0.05, 0.1) is 14.1 Å². The van der Waals surface area contributed by atoms with Crippen LogP contribution in [0.25, 0.3) is 0 Å². The van der Waals surface area contributed by atoms with Gasteiger partial charge in [0, 0.05) is 0 Å². The lowest BCUT2D eigenvalue weighted by atomic mass is 10.3. The Hall–Kier alpha value is -0.530. The van der Waals surface area contributed by atoms with Gasteiger partial charge in [0.15, 0.2) is 0 Å². The van der Waals surface area contributed by atoms with Crippen LogP contribution in [0.1, 0.15) is 6.92 Å². The van der Waals surface area contributed by atoms with Crippen molar-refractivity contribution >= 4 is 6.34 Å². The van der Waals surface area contributed by atoms with Gasteiger partial charge in [0.2, 0.25) is 6.34 Å². The normalized spacial score (nSPS) is 28.6. The summed E-state index contributed by atoms with van der Waals surface area (Å²) in [5, 5.41) is 0. The highest BCUT2D eigenvalue weighted by molar-refractivity contribution is 5.50. The van der Waals surface area contributed by atoms with Crippen molar-refractivity contribution in [3.05, 3.63) is 0 Å². The molecule has 1 unspecified atom stereocenters. The second-order valence-electron chi connectivity index (χ2n) is 2.57. The molecule has 1 heterocycles. The summed E-state index contributed by atoms with van der Waals surface area (Å²) in [7, 11) is 4.20. The number of likely N-dealkylation sites (N-methyl/N-ethyl adjacent to an activating group) is 2. The molecule has 0 saturated heterocycles. The minimum absolute atomic E-state index is 0.694. The van der Waals surface area contributed by atoms with E-state index in [1.165, 1.54) is 0 Å². The Morgan fingerprint density at radius 1 is 1.75 bits per heavy atom. The summed E-state index contributed by atoms with van der Waals surface area (Å²) in [5.74, 6) is 0. The zero-order valence-electron chi connectivity index (χ0n) is 5.76. The summed E-state index contributed by atoms with van der Waals surface area (Å²) in [5.41, 5.74) is 0. The molecular weight excluding hydrogens is 100 g/mol. The third-order valence-corrected chi connectivity index (χ3v) is 1.63. The SMILES string of the molecule is CC1C[N+](C)=CN1C. The van der Waals surface area contributed by atoms with E-state index in [9.17, 15) is 0 Å². The standard InChI is InChI=1S/C6H13N2/c1-6-4-7(2)5-8(6)3/h5-6H,4H2,1-3H3/q+1. The fourth-order valence-corrected chi connectivity index (χ4v) is 1.02. The van der Waals surface area contributed by atoms with Crippen molar-refractivity contribution in [1.82, 2.24) is 4.90 Å². The average molecular weight is 113 g/mol. The minimum Gasteiger partial charge on any atom is -0.267 e. The monoisotopic (exact) mass is 113 g/mol. The molecule has 0 spiro atoms. The predicted molar refractivity (Wildman–Crippen MR) is 34.3 cm³/mol. The Kier molecular flexibility index (Phi) is 1.24. The van der Waals surface area contributed by atoms with E-state index >= 15 is 0 Å². The Morgan fingerprint density at radius 3 is 2.50 bits per heavy atom. The van der Waals surface area contributed by atoms with Crippen LogP contribution in [0.2, 0.25) is 0 Å². The molecule has 8 heavy (non-hydrogen) atoms. The molecule has 0 radical (unpaired) electrons. The van der Waals surface area contributed by atoms with Crippen LogP contribution in [0.5, 0.6) is 0 Å². The van der Waals surface area contributed by atoms with Crippen molar-refractivity contribution in [1.29, 1.82) is 0 Å². The molecule has 0 aromatic heterocycles. The van der Waals surface area contributed by atoms with Gasteiger partial charge in [-0.25, -0.2) is 0 Å². The maximum atomic E-state index is 2.22. The Balaban J connectivity index is 2.56. The second kappa shape index (κ2) is 1.77. The zero-order valence-corrected chi connectivity index (χ0v) is 5.76. The first-order valence-electron chi connectivity index (χ1n) is 2.97. The van der Waals surface area contributed by atoms with E-state index in [0.717, 1.165) is 6.54 Å². The molecule has 1 atom stereocenters. The minimum atomic E-state index is 0.694. The molecule has 2 heteroatoms. The Bertz CT molecular complexity index is 118. The number of hydrogen-bond donors (Lipinski definition) is 0. The van der Waals surface area contributed by atoms with Crippen LogP contribution in [0.3, 0.4) is 0 Å². The van der Waals surface area contributed by atoms with E-state index in [4.69, 9.17) is 0 Å². The lowest BCUT2D eigenvalue weighted by Gasteiger charge is -2.03. The van der Waals surface area contributed by atoms with Crippen LogP contribution in [-0.4, -0.2) is 42.5 Å². The molecule has 1 rings (SSSR count). The molecule has 0 bridgehead atoms. The molecular formula is C6H13N2+. The van der Waals surface area contributed by atoms with Crippen LogP contribution in [-0.2, 0) is 0 Å². The maximum absolute atomic E-state index is 2.22. The van der Waals surface area contributed by atoms with E-state index in [-0.39, 0.29) is 0 Å². The van der Waals surface area contributed by atoms with Crippen LogP contribution < -0.4 is 0 Å². The Morgan fingerprint density at radius 2 is 2.38 bits per heavy atom. The van der Waals surface area contributed by atoms with Gasteiger partial charge < -0.3 is 0 Å². The fraction of sp³-hybridized carbons (Fsp3) is 0.833. The highest BCUT2D eigenvalue weighted by Crippen LogP contribution is 1.97. The van der Waals surface area contributed by atoms with Crippen molar-refractivity contribution < 1.29 is 4.58 Å². The van der Waals surface area contributed by atoms with Gasteiger partial charge in [0.25, 0.3) is 0 Å². The van der Waals surface area contributed by atoms with Crippen molar-refractivity contribution in [3.8, 4) is 0 Å². The summed E-state index contributed by atoms with van der Waals surface area (Å²) in [6.07, 6.45) is 2.13. The average Bonchev–Trinajstić information content (AvgIpc) is 1.85.